The Kier molecular flexibility index (Phi) is 28.5. The molecule has 1 saturated heterocycles. The van der Waals surface area contributed by atoms with E-state index >= 15 is 0 Å². The van der Waals surface area contributed by atoms with E-state index in [2.05, 4.69) is 369 Å². The van der Waals surface area contributed by atoms with E-state index in [0.29, 0.717) is 31.7 Å². The monoisotopic (exact) mass is 1520 g/mol. The van der Waals surface area contributed by atoms with Gasteiger partial charge in [0.1, 0.15) is 5.01 Å². The fourth-order valence-corrected chi connectivity index (χ4v) is 21.9. The van der Waals surface area contributed by atoms with Crippen molar-refractivity contribution >= 4 is 129 Å². The van der Waals surface area contributed by atoms with Gasteiger partial charge in [-0.15, -0.1) is 11.3 Å². The van der Waals surface area contributed by atoms with E-state index in [4.69, 9.17) is 5.11 Å². The van der Waals surface area contributed by atoms with Gasteiger partial charge in [0.05, 0.1) is 10.2 Å². The topological polar surface area (TPSA) is 73.7 Å². The van der Waals surface area contributed by atoms with Crippen molar-refractivity contribution in [2.45, 2.75) is 0 Å². The maximum absolute atomic E-state index is 12.6. The van der Waals surface area contributed by atoms with Gasteiger partial charge in [-0.25, -0.2) is 9.78 Å². The Morgan fingerprint density at radius 1 is 0.272 bits per heavy atom. The number of benzene rings is 14. The number of carboxylic acid groups (broad SMARTS) is 1. The average Bonchev–Trinajstić information content (AvgIpc) is 1.23. The van der Waals surface area contributed by atoms with Gasteiger partial charge in [0.2, 0.25) is 0 Å². The van der Waals surface area contributed by atoms with Crippen LogP contribution in [0.4, 0.5) is 4.79 Å². The van der Waals surface area contributed by atoms with Gasteiger partial charge in [-0.1, -0.05) is 388 Å². The SMILES string of the molecule is O=C(O)N1CCN(C(=O)c2ccc(-c3nc4ccccc4s3)cc2)CC1.[Pd].c1ccc(P(c2ccccc2)c2ccccc2)cc1.c1ccc(P(c2ccccc2)c2ccccc2)cc1.c1ccc(P(c2ccccc2)c2ccccc2)cc1.c1ccc(P(c2ccccc2)c2ccccc2)cc1. The normalized spacial score (nSPS) is 11.5. The summed E-state index contributed by atoms with van der Waals surface area (Å²) in [5, 5.41) is 26.7. The molecular formula is C91H77N3O3P4PdS. The van der Waals surface area contributed by atoms with Gasteiger partial charge in [0.25, 0.3) is 5.91 Å². The van der Waals surface area contributed by atoms with Gasteiger partial charge in [-0.05, 0) is 120 Å². The molecular weight excluding hydrogens is 1450 g/mol. The molecule has 1 aromatic heterocycles. The summed E-state index contributed by atoms with van der Waals surface area (Å²) in [4.78, 5) is 31.2. The zero-order valence-electron chi connectivity index (χ0n) is 56.7. The van der Waals surface area contributed by atoms with E-state index in [1.165, 1.54) is 68.6 Å². The van der Waals surface area contributed by atoms with Crippen LogP contribution in [0, 0.1) is 0 Å². The molecule has 1 N–H and O–H groups in total. The smallest absolute Gasteiger partial charge is 0.407 e. The number of fused-ring (bicyclic) bond motifs is 1. The number of para-hydroxylation sites is 1. The van der Waals surface area contributed by atoms with E-state index in [0.717, 1.165) is 20.8 Å². The van der Waals surface area contributed by atoms with Crippen molar-refractivity contribution < 1.29 is 35.1 Å². The number of rotatable bonds is 14. The van der Waals surface area contributed by atoms with Gasteiger partial charge in [-0.3, -0.25) is 4.79 Å². The number of hydrogen-bond acceptors (Lipinski definition) is 4. The van der Waals surface area contributed by atoms with Gasteiger partial charge in [0, 0.05) is 57.7 Å². The number of hydrogen-bond donors (Lipinski definition) is 1. The van der Waals surface area contributed by atoms with Crippen LogP contribution in [-0.4, -0.2) is 58.1 Å². The summed E-state index contributed by atoms with van der Waals surface area (Å²) in [5.41, 5.74) is 2.57. The molecule has 2 amide bonds. The van der Waals surface area contributed by atoms with Crippen LogP contribution < -0.4 is 63.7 Å². The van der Waals surface area contributed by atoms with E-state index in [1.807, 2.05) is 48.5 Å². The van der Waals surface area contributed by atoms with Crippen molar-refractivity contribution in [2.75, 3.05) is 26.2 Å². The van der Waals surface area contributed by atoms with Crippen LogP contribution in [0.3, 0.4) is 0 Å². The summed E-state index contributed by atoms with van der Waals surface area (Å²) in [5.74, 6) is -0.0640. The van der Waals surface area contributed by atoms with E-state index in [1.54, 1.807) is 16.2 Å². The first-order chi connectivity index (χ1) is 50.4. The number of piperazine rings is 1. The van der Waals surface area contributed by atoms with Crippen LogP contribution in [0.25, 0.3) is 20.8 Å². The minimum atomic E-state index is -0.933. The third-order valence-corrected chi connectivity index (χ3v) is 27.5. The molecule has 12 heteroatoms. The van der Waals surface area contributed by atoms with Crippen LogP contribution in [0.15, 0.2) is 413 Å². The minimum Gasteiger partial charge on any atom is -0.465 e. The number of amides is 2. The summed E-state index contributed by atoms with van der Waals surface area (Å²) < 4.78 is 1.14. The van der Waals surface area contributed by atoms with Crippen molar-refractivity contribution in [3.8, 4) is 10.6 Å². The summed E-state index contributed by atoms with van der Waals surface area (Å²) in [6.07, 6.45) is -0.933. The summed E-state index contributed by atoms with van der Waals surface area (Å²) >= 11 is 1.63. The molecule has 0 aliphatic carbocycles. The molecule has 0 radical (unpaired) electrons. The Labute approximate surface area is 628 Å². The van der Waals surface area contributed by atoms with Crippen molar-refractivity contribution in [1.82, 2.24) is 14.8 Å². The average molecular weight is 1520 g/mol. The molecule has 15 aromatic rings. The predicted molar refractivity (Wildman–Crippen MR) is 441 cm³/mol. The third kappa shape index (κ3) is 20.9. The van der Waals surface area contributed by atoms with Gasteiger partial charge in [0.15, 0.2) is 0 Å². The Morgan fingerprint density at radius 3 is 0.689 bits per heavy atom. The number of aromatic nitrogens is 1. The van der Waals surface area contributed by atoms with Gasteiger partial charge in [-0.2, -0.15) is 0 Å². The molecule has 103 heavy (non-hydrogen) atoms. The Bertz CT molecular complexity index is 4040. The number of thiazole rings is 1. The Hall–Kier alpha value is -9.91. The maximum atomic E-state index is 12.6. The Morgan fingerprint density at radius 2 is 0.476 bits per heavy atom. The first-order valence-electron chi connectivity index (χ1n) is 34.0. The summed E-state index contributed by atoms with van der Waals surface area (Å²) in [6.45, 7) is 1.55. The molecule has 0 unspecified atom stereocenters. The van der Waals surface area contributed by atoms with E-state index in [9.17, 15) is 9.59 Å². The molecule has 0 atom stereocenters. The van der Waals surface area contributed by atoms with Gasteiger partial charge >= 0.3 is 6.09 Å². The molecule has 14 aromatic carbocycles. The molecule has 0 bridgehead atoms. The third-order valence-electron chi connectivity index (χ3n) is 16.7. The zero-order valence-corrected chi connectivity index (χ0v) is 62.7. The minimum absolute atomic E-state index is 0. The predicted octanol–water partition coefficient (Wildman–Crippen LogP) is 17.2. The first kappa shape index (κ1) is 74.3. The van der Waals surface area contributed by atoms with Gasteiger partial charge < -0.3 is 14.9 Å². The fraction of sp³-hybridized carbons (Fsp3) is 0.0440. The van der Waals surface area contributed by atoms with Crippen LogP contribution in [0.2, 0.25) is 0 Å². The van der Waals surface area contributed by atoms with Crippen LogP contribution in [0.1, 0.15) is 10.4 Å². The van der Waals surface area contributed by atoms with Crippen molar-refractivity contribution in [3.05, 3.63) is 418 Å². The molecule has 6 nitrogen and oxygen atoms in total. The first-order valence-corrected chi connectivity index (χ1v) is 40.1. The molecule has 1 fully saturated rings. The fourth-order valence-electron chi connectivity index (χ4n) is 11.7. The molecule has 1 aliphatic heterocycles. The molecule has 510 valence electrons. The molecule has 16 rings (SSSR count). The second-order valence-corrected chi connectivity index (χ2v) is 33.4. The van der Waals surface area contributed by atoms with E-state index < -0.39 is 37.8 Å². The number of carbonyl (C=O) groups is 2. The standard InChI is InChI=1S/C19H17N3O3S.4C18H15P.Pd/c23-18(21-9-11-22(12-10-21)19(24)25)14-7-5-13(6-8-14)17-20-15-3-1-2-4-16(15)26-17;4*1-4-10-16(11-5-1)19(17-12-6-2-7-13-17)18-14-8-3-9-15-18;/h1-8H,9-12H2,(H,24,25);4*1-15H;. The number of carbonyl (C=O) groups excluding carboxylic acids is 1. The van der Waals surface area contributed by atoms with E-state index in [-0.39, 0.29) is 26.3 Å². The quantitative estimate of drug-likeness (QED) is 0.0870. The van der Waals surface area contributed by atoms with Crippen molar-refractivity contribution in [3.63, 3.8) is 0 Å². The molecule has 2 heterocycles. The summed E-state index contributed by atoms with van der Waals surface area (Å²) in [7, 11) is -1.78. The Balaban J connectivity index is 0.000000130. The van der Waals surface area contributed by atoms with Crippen LogP contribution in [0.5, 0.6) is 0 Å². The van der Waals surface area contributed by atoms with Crippen LogP contribution >= 0.6 is 43.0 Å². The zero-order chi connectivity index (χ0) is 69.8. The largest absolute Gasteiger partial charge is 0.465 e. The molecule has 0 spiro atoms. The van der Waals surface area contributed by atoms with Crippen molar-refractivity contribution in [1.29, 1.82) is 0 Å². The second kappa shape index (κ2) is 39.5. The molecule has 1 aliphatic rings. The van der Waals surface area contributed by atoms with Crippen molar-refractivity contribution in [2.24, 2.45) is 0 Å². The summed E-state index contributed by atoms with van der Waals surface area (Å²) in [6, 6.07) is 145. The molecule has 0 saturated carbocycles. The second-order valence-electron chi connectivity index (χ2n) is 23.5. The number of nitrogens with zero attached hydrogens (tertiary/aromatic N) is 3. The maximum Gasteiger partial charge on any atom is 0.407 e. The van der Waals surface area contributed by atoms with Crippen LogP contribution in [-0.2, 0) is 20.4 Å².